The number of pyridine rings is 1. The fourth-order valence-corrected chi connectivity index (χ4v) is 1.94. The second-order valence-electron chi connectivity index (χ2n) is 4.81. The third kappa shape index (κ3) is 5.00. The van der Waals surface area contributed by atoms with Crippen LogP contribution >= 0.6 is 0 Å². The summed E-state index contributed by atoms with van der Waals surface area (Å²) >= 11 is 0. The second-order valence-corrected chi connectivity index (χ2v) is 4.81. The minimum Gasteiger partial charge on any atom is -0.497 e. The lowest BCUT2D eigenvalue weighted by Gasteiger charge is -2.08. The van der Waals surface area contributed by atoms with E-state index in [4.69, 9.17) is 10.00 Å². The molecule has 0 radical (unpaired) electrons. The van der Waals surface area contributed by atoms with Crippen LogP contribution in [0.4, 0.5) is 5.82 Å². The van der Waals surface area contributed by atoms with Gasteiger partial charge in [0.1, 0.15) is 11.6 Å². The predicted octanol–water partition coefficient (Wildman–Crippen LogP) is 2.19. The molecule has 0 bridgehead atoms. The lowest BCUT2D eigenvalue weighted by atomic mass is 10.1. The van der Waals surface area contributed by atoms with Crippen molar-refractivity contribution in [1.82, 2.24) is 10.3 Å². The number of ether oxygens (including phenoxy) is 1. The number of anilines is 1. The Morgan fingerprint density at radius 2 is 2.04 bits per heavy atom. The molecule has 6 heteroatoms. The number of hydrogen-bond acceptors (Lipinski definition) is 5. The van der Waals surface area contributed by atoms with E-state index in [-0.39, 0.29) is 5.91 Å². The summed E-state index contributed by atoms with van der Waals surface area (Å²) in [6.07, 6.45) is 2.44. The highest BCUT2D eigenvalue weighted by molar-refractivity contribution is 5.94. The first-order chi connectivity index (χ1) is 11.2. The zero-order valence-corrected chi connectivity index (χ0v) is 12.9. The zero-order valence-electron chi connectivity index (χ0n) is 12.9. The summed E-state index contributed by atoms with van der Waals surface area (Å²) in [6, 6.07) is 12.2. The summed E-state index contributed by atoms with van der Waals surface area (Å²) in [4.78, 5) is 16.1. The van der Waals surface area contributed by atoms with E-state index in [0.717, 1.165) is 18.0 Å². The Morgan fingerprint density at radius 1 is 1.26 bits per heavy atom. The average molecular weight is 310 g/mol. The zero-order chi connectivity index (χ0) is 16.5. The SMILES string of the molecule is COc1ccnc(NCCCNC(=O)c2ccc(C#N)cc2)c1. The standard InChI is InChI=1S/C17H18N4O2/c1-23-15-7-10-20-16(11-15)19-8-2-9-21-17(22)14-5-3-13(12-18)4-6-14/h3-7,10-11H,2,8-9H2,1H3,(H,19,20)(H,21,22). The monoisotopic (exact) mass is 310 g/mol. The van der Waals surface area contributed by atoms with Crippen molar-refractivity contribution in [1.29, 1.82) is 5.26 Å². The number of nitrogens with zero attached hydrogens (tertiary/aromatic N) is 2. The third-order valence-corrected chi connectivity index (χ3v) is 3.19. The minimum atomic E-state index is -0.144. The molecule has 0 aliphatic carbocycles. The first-order valence-electron chi connectivity index (χ1n) is 7.25. The molecule has 0 aliphatic heterocycles. The van der Waals surface area contributed by atoms with Crippen molar-refractivity contribution in [3.8, 4) is 11.8 Å². The van der Waals surface area contributed by atoms with Crippen LogP contribution in [-0.2, 0) is 0 Å². The van der Waals surface area contributed by atoms with Gasteiger partial charge in [-0.3, -0.25) is 4.79 Å². The van der Waals surface area contributed by atoms with Crippen molar-refractivity contribution in [3.05, 3.63) is 53.7 Å². The smallest absolute Gasteiger partial charge is 0.251 e. The van der Waals surface area contributed by atoms with Gasteiger partial charge in [-0.1, -0.05) is 0 Å². The number of rotatable bonds is 7. The number of methoxy groups -OCH3 is 1. The topological polar surface area (TPSA) is 87.0 Å². The summed E-state index contributed by atoms with van der Waals surface area (Å²) in [6.45, 7) is 1.24. The van der Waals surface area contributed by atoms with Crippen molar-refractivity contribution >= 4 is 11.7 Å². The fraction of sp³-hybridized carbons (Fsp3) is 0.235. The highest BCUT2D eigenvalue weighted by Gasteiger charge is 2.04. The van der Waals surface area contributed by atoms with E-state index < -0.39 is 0 Å². The summed E-state index contributed by atoms with van der Waals surface area (Å²) in [5, 5.41) is 14.7. The Hall–Kier alpha value is -3.07. The van der Waals surface area contributed by atoms with E-state index in [2.05, 4.69) is 15.6 Å². The van der Waals surface area contributed by atoms with E-state index >= 15 is 0 Å². The number of benzene rings is 1. The maximum atomic E-state index is 11.9. The van der Waals surface area contributed by atoms with Crippen molar-refractivity contribution < 1.29 is 9.53 Å². The van der Waals surface area contributed by atoms with Gasteiger partial charge in [-0.2, -0.15) is 5.26 Å². The second kappa shape index (κ2) is 8.39. The molecule has 2 aromatic rings. The molecule has 0 unspecified atom stereocenters. The van der Waals surface area contributed by atoms with Crippen LogP contribution in [0.25, 0.3) is 0 Å². The number of carbonyl (C=O) groups is 1. The lowest BCUT2D eigenvalue weighted by molar-refractivity contribution is 0.0953. The minimum absolute atomic E-state index is 0.144. The van der Waals surface area contributed by atoms with Crippen LogP contribution in [0, 0.1) is 11.3 Å². The summed E-state index contributed by atoms with van der Waals surface area (Å²) in [5.74, 6) is 1.34. The first-order valence-corrected chi connectivity index (χ1v) is 7.25. The van der Waals surface area contributed by atoms with Crippen LogP contribution in [0.2, 0.25) is 0 Å². The molecular formula is C17H18N4O2. The summed E-state index contributed by atoms with van der Waals surface area (Å²) < 4.78 is 5.12. The van der Waals surface area contributed by atoms with Crippen LogP contribution in [0.3, 0.4) is 0 Å². The molecule has 23 heavy (non-hydrogen) atoms. The van der Waals surface area contributed by atoms with E-state index in [1.807, 2.05) is 12.1 Å². The van der Waals surface area contributed by atoms with Crippen LogP contribution in [0.5, 0.6) is 5.75 Å². The molecular weight excluding hydrogens is 292 g/mol. The highest BCUT2D eigenvalue weighted by atomic mass is 16.5. The van der Waals surface area contributed by atoms with Gasteiger partial charge in [0.2, 0.25) is 0 Å². The van der Waals surface area contributed by atoms with Gasteiger partial charge in [-0.15, -0.1) is 0 Å². The van der Waals surface area contributed by atoms with Crippen molar-refractivity contribution in [2.24, 2.45) is 0 Å². The molecule has 1 aromatic heterocycles. The van der Waals surface area contributed by atoms with Gasteiger partial charge in [0.05, 0.1) is 18.7 Å². The number of amides is 1. The number of nitriles is 1. The molecule has 1 amide bonds. The number of aromatic nitrogens is 1. The molecule has 0 fully saturated rings. The van der Waals surface area contributed by atoms with Gasteiger partial charge < -0.3 is 15.4 Å². The maximum Gasteiger partial charge on any atom is 0.251 e. The Bertz CT molecular complexity index is 692. The summed E-state index contributed by atoms with van der Waals surface area (Å²) in [5.41, 5.74) is 1.09. The molecule has 1 aromatic carbocycles. The average Bonchev–Trinajstić information content (AvgIpc) is 2.61. The van der Waals surface area contributed by atoms with Crippen molar-refractivity contribution in [3.63, 3.8) is 0 Å². The lowest BCUT2D eigenvalue weighted by Crippen LogP contribution is -2.25. The highest BCUT2D eigenvalue weighted by Crippen LogP contribution is 2.13. The van der Waals surface area contributed by atoms with Crippen molar-refractivity contribution in [2.45, 2.75) is 6.42 Å². The fourth-order valence-electron chi connectivity index (χ4n) is 1.94. The van der Waals surface area contributed by atoms with Crippen molar-refractivity contribution in [2.75, 3.05) is 25.5 Å². The first kappa shape index (κ1) is 16.3. The molecule has 0 saturated carbocycles. The van der Waals surface area contributed by atoms with Gasteiger partial charge in [0.25, 0.3) is 5.91 Å². The molecule has 2 rings (SSSR count). The van der Waals surface area contributed by atoms with Crippen LogP contribution in [0.1, 0.15) is 22.3 Å². The molecule has 0 saturated heterocycles. The Labute approximate surface area is 135 Å². The number of hydrogen-bond donors (Lipinski definition) is 2. The van der Waals surface area contributed by atoms with Crippen LogP contribution in [0.15, 0.2) is 42.6 Å². The predicted molar refractivity (Wildman–Crippen MR) is 87.4 cm³/mol. The molecule has 6 nitrogen and oxygen atoms in total. The number of carbonyl (C=O) groups excluding carboxylic acids is 1. The van der Waals surface area contributed by atoms with E-state index in [1.54, 1.807) is 43.6 Å². The molecule has 2 N–H and O–H groups in total. The molecule has 0 aliphatic rings. The third-order valence-electron chi connectivity index (χ3n) is 3.19. The summed E-state index contributed by atoms with van der Waals surface area (Å²) in [7, 11) is 1.61. The molecule has 118 valence electrons. The Balaban J connectivity index is 1.70. The molecule has 1 heterocycles. The van der Waals surface area contributed by atoms with Crippen LogP contribution in [-0.4, -0.2) is 31.1 Å². The quantitative estimate of drug-likeness (QED) is 0.766. The van der Waals surface area contributed by atoms with Gasteiger partial charge in [0, 0.05) is 30.9 Å². The van der Waals surface area contributed by atoms with Gasteiger partial charge in [-0.25, -0.2) is 4.98 Å². The molecule has 0 atom stereocenters. The van der Waals surface area contributed by atoms with E-state index in [0.29, 0.717) is 24.2 Å². The largest absolute Gasteiger partial charge is 0.497 e. The Morgan fingerprint density at radius 3 is 2.74 bits per heavy atom. The number of nitrogens with one attached hydrogen (secondary N) is 2. The van der Waals surface area contributed by atoms with Gasteiger partial charge in [-0.05, 0) is 36.8 Å². The molecule has 0 spiro atoms. The van der Waals surface area contributed by atoms with Gasteiger partial charge in [0.15, 0.2) is 0 Å². The van der Waals surface area contributed by atoms with Gasteiger partial charge >= 0.3 is 0 Å². The van der Waals surface area contributed by atoms with E-state index in [1.165, 1.54) is 0 Å². The Kier molecular flexibility index (Phi) is 5.95. The maximum absolute atomic E-state index is 11.9. The van der Waals surface area contributed by atoms with Crippen LogP contribution < -0.4 is 15.4 Å². The normalized spacial score (nSPS) is 9.74. The van der Waals surface area contributed by atoms with E-state index in [9.17, 15) is 4.79 Å².